The van der Waals surface area contributed by atoms with Gasteiger partial charge in [-0.25, -0.2) is 0 Å². The molecule has 4 atom stereocenters. The molecule has 0 radical (unpaired) electrons. The van der Waals surface area contributed by atoms with Crippen molar-refractivity contribution in [3.8, 4) is 0 Å². The molecule has 4 fully saturated rings. The molecule has 4 rings (SSSR count). The van der Waals surface area contributed by atoms with Crippen LogP contribution in [0, 0.1) is 0 Å². The number of hydrogen-bond donors (Lipinski definition) is 0. The van der Waals surface area contributed by atoms with Crippen LogP contribution in [0.3, 0.4) is 0 Å². The Morgan fingerprint density at radius 3 is 1.10 bits per heavy atom. The van der Waals surface area contributed by atoms with Gasteiger partial charge in [0.15, 0.2) is 0 Å². The highest BCUT2D eigenvalue weighted by molar-refractivity contribution is 5.72. The maximum Gasteiger partial charge on any atom is 0.306 e. The van der Waals surface area contributed by atoms with Gasteiger partial charge in [0, 0.05) is 25.7 Å². The Kier molecular flexibility index (Phi) is 36.6. The summed E-state index contributed by atoms with van der Waals surface area (Å²) in [6.45, 7) is 17.0. The van der Waals surface area contributed by atoms with E-state index in [4.69, 9.17) is 18.9 Å². The van der Waals surface area contributed by atoms with Crippen LogP contribution in [0.2, 0.25) is 0 Å². The quantitative estimate of drug-likeness (QED) is 0.0378. The SMILES string of the molecule is C=C1CCC(CCCCCCCCCC)O1.CCCCCCCCC1(C)CCC(=O)O1.CCCCCCCCCC1(C)CCC(=O)O1.CCCCCCCCCC1CCCC(=O)O1. The van der Waals surface area contributed by atoms with Crippen LogP contribution in [0.25, 0.3) is 0 Å². The molecular weight excluding hydrogens is 785 g/mol. The van der Waals surface area contributed by atoms with Crippen molar-refractivity contribution in [3.63, 3.8) is 0 Å². The minimum atomic E-state index is -0.138. The summed E-state index contributed by atoms with van der Waals surface area (Å²) in [5.74, 6) is 0.998. The Labute approximate surface area is 390 Å². The fraction of sp³-hybridized carbons (Fsp3) is 0.911. The molecule has 0 aromatic carbocycles. The summed E-state index contributed by atoms with van der Waals surface area (Å²) in [5, 5.41) is 0. The zero-order chi connectivity index (χ0) is 46.3. The molecule has 0 aromatic rings. The van der Waals surface area contributed by atoms with E-state index in [1.165, 1.54) is 193 Å². The third-order valence-electron chi connectivity index (χ3n) is 13.6. The smallest absolute Gasteiger partial charge is 0.306 e. The van der Waals surface area contributed by atoms with Crippen molar-refractivity contribution < 1.29 is 33.3 Å². The molecule has 4 unspecified atom stereocenters. The summed E-state index contributed by atoms with van der Waals surface area (Å²) < 4.78 is 21.6. The molecule has 370 valence electrons. The predicted octanol–water partition coefficient (Wildman–Crippen LogP) is 17.5. The van der Waals surface area contributed by atoms with E-state index < -0.39 is 0 Å². The van der Waals surface area contributed by atoms with Crippen molar-refractivity contribution in [3.05, 3.63) is 12.3 Å². The molecule has 63 heavy (non-hydrogen) atoms. The summed E-state index contributed by atoms with van der Waals surface area (Å²) in [7, 11) is 0. The van der Waals surface area contributed by atoms with E-state index in [2.05, 4.69) is 48.1 Å². The average Bonchev–Trinajstić information content (AvgIpc) is 3.96. The monoisotopic (exact) mass is 889 g/mol. The van der Waals surface area contributed by atoms with E-state index in [1.54, 1.807) is 0 Å². The number of carbonyl (C=O) groups is 3. The highest BCUT2D eigenvalue weighted by Crippen LogP contribution is 2.32. The largest absolute Gasteiger partial charge is 0.495 e. The summed E-state index contributed by atoms with van der Waals surface area (Å²) in [5.41, 5.74) is -0.275. The first-order valence-corrected chi connectivity index (χ1v) is 27.5. The number of esters is 3. The van der Waals surface area contributed by atoms with Crippen molar-refractivity contribution in [1.29, 1.82) is 0 Å². The molecule has 7 nitrogen and oxygen atoms in total. The van der Waals surface area contributed by atoms with Gasteiger partial charge in [0.1, 0.15) is 17.3 Å². The van der Waals surface area contributed by atoms with Gasteiger partial charge in [-0.1, -0.05) is 188 Å². The average molecular weight is 889 g/mol. The molecule has 0 aromatic heterocycles. The van der Waals surface area contributed by atoms with Crippen molar-refractivity contribution in [2.75, 3.05) is 0 Å². The maximum absolute atomic E-state index is 11.1. The van der Waals surface area contributed by atoms with Gasteiger partial charge in [0.25, 0.3) is 0 Å². The second-order valence-electron chi connectivity index (χ2n) is 20.2. The van der Waals surface area contributed by atoms with Crippen LogP contribution in [0.1, 0.15) is 305 Å². The van der Waals surface area contributed by atoms with Gasteiger partial charge < -0.3 is 18.9 Å². The maximum atomic E-state index is 11.1. The second kappa shape index (κ2) is 39.1. The summed E-state index contributed by atoms with van der Waals surface area (Å²) in [6.07, 6.45) is 50.9. The van der Waals surface area contributed by atoms with E-state index in [0.717, 1.165) is 57.1 Å². The third-order valence-corrected chi connectivity index (χ3v) is 13.6. The van der Waals surface area contributed by atoms with Gasteiger partial charge in [-0.15, -0.1) is 0 Å². The van der Waals surface area contributed by atoms with Gasteiger partial charge in [0.05, 0.1) is 11.9 Å². The van der Waals surface area contributed by atoms with Crippen LogP contribution in [-0.2, 0) is 33.3 Å². The van der Waals surface area contributed by atoms with Crippen LogP contribution in [0.15, 0.2) is 12.3 Å². The lowest BCUT2D eigenvalue weighted by Gasteiger charge is -2.22. The Balaban J connectivity index is 0.000000420. The van der Waals surface area contributed by atoms with Crippen molar-refractivity contribution in [2.45, 2.75) is 328 Å². The molecule has 4 heterocycles. The minimum Gasteiger partial charge on any atom is -0.495 e. The molecule has 4 saturated heterocycles. The van der Waals surface area contributed by atoms with Gasteiger partial charge in [-0.2, -0.15) is 0 Å². The number of ether oxygens (including phenoxy) is 4. The summed E-state index contributed by atoms with van der Waals surface area (Å²) >= 11 is 0. The van der Waals surface area contributed by atoms with Crippen molar-refractivity contribution in [1.82, 2.24) is 0 Å². The highest BCUT2D eigenvalue weighted by atomic mass is 16.6. The van der Waals surface area contributed by atoms with Gasteiger partial charge in [0.2, 0.25) is 0 Å². The summed E-state index contributed by atoms with van der Waals surface area (Å²) in [6, 6.07) is 0. The Morgan fingerprint density at radius 1 is 0.429 bits per heavy atom. The molecule has 0 saturated carbocycles. The molecule has 0 spiro atoms. The van der Waals surface area contributed by atoms with Crippen LogP contribution < -0.4 is 0 Å². The van der Waals surface area contributed by atoms with Crippen LogP contribution in [0.4, 0.5) is 0 Å². The Hall–Kier alpha value is -2.05. The zero-order valence-electron chi connectivity index (χ0n) is 42.7. The first-order valence-electron chi connectivity index (χ1n) is 27.5. The molecule has 4 aliphatic heterocycles. The van der Waals surface area contributed by atoms with Gasteiger partial charge in [-0.05, 0) is 97.3 Å². The number of allylic oxidation sites excluding steroid dienone is 1. The molecule has 4 aliphatic rings. The Bertz CT molecular complexity index is 1130. The van der Waals surface area contributed by atoms with E-state index in [-0.39, 0.29) is 35.2 Å². The van der Waals surface area contributed by atoms with Gasteiger partial charge in [-0.3, -0.25) is 14.4 Å². The van der Waals surface area contributed by atoms with Crippen LogP contribution in [-0.4, -0.2) is 41.3 Å². The first kappa shape index (κ1) is 59.0. The number of cyclic esters (lactones) is 3. The van der Waals surface area contributed by atoms with Crippen molar-refractivity contribution in [2.24, 2.45) is 0 Å². The second-order valence-corrected chi connectivity index (χ2v) is 20.2. The van der Waals surface area contributed by atoms with E-state index >= 15 is 0 Å². The van der Waals surface area contributed by atoms with E-state index in [0.29, 0.717) is 25.4 Å². The fourth-order valence-corrected chi connectivity index (χ4v) is 9.27. The van der Waals surface area contributed by atoms with Crippen LogP contribution >= 0.6 is 0 Å². The molecule has 0 bridgehead atoms. The summed E-state index contributed by atoms with van der Waals surface area (Å²) in [4.78, 5) is 33.1. The number of carbonyl (C=O) groups excluding carboxylic acids is 3. The van der Waals surface area contributed by atoms with Gasteiger partial charge >= 0.3 is 17.9 Å². The molecule has 0 aliphatic carbocycles. The lowest BCUT2D eigenvalue weighted by Crippen LogP contribution is -2.23. The number of hydrogen-bond acceptors (Lipinski definition) is 7. The number of unbranched alkanes of at least 4 members (excludes halogenated alkanes) is 24. The van der Waals surface area contributed by atoms with Crippen molar-refractivity contribution >= 4 is 17.9 Å². The standard InChI is InChI=1S/C15H28O.2C14H26O2.C13H24O2/c1-3-4-5-6-7-8-9-10-11-15-13-12-14(2)16-15;1-3-4-5-6-7-8-9-11-14(2)12-10-13(15)16-14;1-2-3-4-5-6-7-8-10-13-11-9-12-14(15)16-13;1-3-4-5-6-7-8-10-13(2)11-9-12(14)15-13/h15H,2-13H2,1H3;3-12H2,1-2H3;13H,2-12H2,1H3;3-11H2,1-2H3. The fourth-order valence-electron chi connectivity index (χ4n) is 9.27. The topological polar surface area (TPSA) is 88.1 Å². The first-order chi connectivity index (χ1) is 30.5. The normalized spacial score (nSPS) is 22.8. The zero-order valence-corrected chi connectivity index (χ0v) is 42.7. The molecule has 7 heteroatoms. The molecular formula is C56H104O7. The molecule has 0 N–H and O–H groups in total. The van der Waals surface area contributed by atoms with E-state index in [9.17, 15) is 14.4 Å². The third kappa shape index (κ3) is 34.0. The van der Waals surface area contributed by atoms with Crippen LogP contribution in [0.5, 0.6) is 0 Å². The Morgan fingerprint density at radius 2 is 0.778 bits per heavy atom. The lowest BCUT2D eigenvalue weighted by molar-refractivity contribution is -0.154. The lowest BCUT2D eigenvalue weighted by atomic mass is 9.95. The molecule has 0 amide bonds. The highest BCUT2D eigenvalue weighted by Gasteiger charge is 2.35. The van der Waals surface area contributed by atoms with E-state index in [1.807, 2.05) is 0 Å². The predicted molar refractivity (Wildman–Crippen MR) is 265 cm³/mol. The number of rotatable bonds is 32. The minimum absolute atomic E-state index is 0.00885.